The van der Waals surface area contributed by atoms with Crippen LogP contribution in [0, 0.1) is 6.92 Å². The Hall–Kier alpha value is 0.0700. The molecular weight excluding hydrogens is 284 g/mol. The summed E-state index contributed by atoms with van der Waals surface area (Å²) in [7, 11) is 0. The molecule has 0 aliphatic carbocycles. The van der Waals surface area contributed by atoms with Crippen LogP contribution in [-0.2, 0) is 0 Å². The van der Waals surface area contributed by atoms with Gasteiger partial charge in [-0.25, -0.2) is 9.97 Å². The third-order valence-electron chi connectivity index (χ3n) is 3.13. The van der Waals surface area contributed by atoms with Gasteiger partial charge < -0.3 is 0 Å². The highest BCUT2D eigenvalue weighted by Crippen LogP contribution is 2.41. The summed E-state index contributed by atoms with van der Waals surface area (Å²) < 4.78 is 0. The Bertz CT molecular complexity index is 414. The Kier molecular flexibility index (Phi) is 4.84. The van der Waals surface area contributed by atoms with E-state index in [9.17, 15) is 0 Å². The molecule has 1 aliphatic heterocycles. The maximum absolute atomic E-state index is 6.33. The quantitative estimate of drug-likeness (QED) is 0.753. The number of aromatic nitrogens is 2. The topological polar surface area (TPSA) is 25.8 Å². The van der Waals surface area contributed by atoms with Crippen molar-refractivity contribution in [3.8, 4) is 0 Å². The van der Waals surface area contributed by atoms with E-state index in [1.807, 2.05) is 30.4 Å². The molecular formula is C13H19ClN2S2. The highest BCUT2D eigenvalue weighted by molar-refractivity contribution is 8.06. The molecule has 100 valence electrons. The third kappa shape index (κ3) is 2.97. The van der Waals surface area contributed by atoms with Crippen LogP contribution in [0.5, 0.6) is 0 Å². The second kappa shape index (κ2) is 6.02. The van der Waals surface area contributed by atoms with Crippen LogP contribution in [0.25, 0.3) is 0 Å². The molecule has 0 radical (unpaired) electrons. The van der Waals surface area contributed by atoms with Crippen molar-refractivity contribution < 1.29 is 0 Å². The van der Waals surface area contributed by atoms with Crippen LogP contribution in [0.4, 0.5) is 0 Å². The Balaban J connectivity index is 2.35. The van der Waals surface area contributed by atoms with E-state index in [0.29, 0.717) is 21.6 Å². The molecule has 2 nitrogen and oxygen atoms in total. The molecule has 0 spiro atoms. The summed E-state index contributed by atoms with van der Waals surface area (Å²) in [5.41, 5.74) is 2.12. The van der Waals surface area contributed by atoms with Crippen LogP contribution in [0.3, 0.4) is 0 Å². The van der Waals surface area contributed by atoms with Crippen molar-refractivity contribution in [2.24, 2.45) is 0 Å². The van der Waals surface area contributed by atoms with E-state index in [0.717, 1.165) is 17.1 Å². The molecule has 18 heavy (non-hydrogen) atoms. The van der Waals surface area contributed by atoms with Crippen LogP contribution in [0.15, 0.2) is 0 Å². The van der Waals surface area contributed by atoms with E-state index in [-0.39, 0.29) is 0 Å². The fourth-order valence-electron chi connectivity index (χ4n) is 2.27. The monoisotopic (exact) mass is 302 g/mol. The van der Waals surface area contributed by atoms with Crippen molar-refractivity contribution in [3.63, 3.8) is 0 Å². The van der Waals surface area contributed by atoms with Gasteiger partial charge in [-0.05, 0) is 12.8 Å². The van der Waals surface area contributed by atoms with E-state index in [4.69, 9.17) is 16.6 Å². The number of thioether (sulfide) groups is 2. The zero-order valence-corrected chi connectivity index (χ0v) is 13.6. The Labute approximate surface area is 123 Å². The Morgan fingerprint density at radius 3 is 2.44 bits per heavy atom. The summed E-state index contributed by atoms with van der Waals surface area (Å²) in [6, 6.07) is 0. The Morgan fingerprint density at radius 1 is 1.22 bits per heavy atom. The van der Waals surface area contributed by atoms with Gasteiger partial charge in [0.1, 0.15) is 11.0 Å². The second-order valence-corrected chi connectivity index (χ2v) is 7.99. The van der Waals surface area contributed by atoms with Gasteiger partial charge in [-0.15, -0.1) is 11.8 Å². The lowest BCUT2D eigenvalue weighted by Gasteiger charge is -2.27. The van der Waals surface area contributed by atoms with E-state index in [1.165, 1.54) is 11.5 Å². The first-order valence-electron chi connectivity index (χ1n) is 6.27. The molecule has 0 bridgehead atoms. The first kappa shape index (κ1) is 14.5. The van der Waals surface area contributed by atoms with Crippen LogP contribution in [-0.4, -0.2) is 26.7 Å². The number of hydrogen-bond acceptors (Lipinski definition) is 4. The first-order valence-corrected chi connectivity index (χ1v) is 8.75. The largest absolute Gasteiger partial charge is 0.237 e. The van der Waals surface area contributed by atoms with Crippen molar-refractivity contribution in [3.05, 3.63) is 22.2 Å². The summed E-state index contributed by atoms with van der Waals surface area (Å²) in [6.45, 7) is 8.55. The molecule has 1 aliphatic rings. The zero-order valence-electron chi connectivity index (χ0n) is 11.2. The fourth-order valence-corrected chi connectivity index (χ4v) is 5.40. The molecule has 1 saturated heterocycles. The number of hydrogen-bond donors (Lipinski definition) is 0. The third-order valence-corrected chi connectivity index (χ3v) is 6.50. The minimum atomic E-state index is 0.373. The van der Waals surface area contributed by atoms with Crippen LogP contribution in [0.2, 0.25) is 5.15 Å². The lowest BCUT2D eigenvalue weighted by atomic mass is 10.0. The maximum atomic E-state index is 6.33. The lowest BCUT2D eigenvalue weighted by molar-refractivity contribution is 0.775. The lowest BCUT2D eigenvalue weighted by Crippen LogP contribution is -2.19. The SMILES string of the molecule is Cc1nc(C2SCCSC2C)nc(Cl)c1C(C)C. The highest BCUT2D eigenvalue weighted by atomic mass is 35.5. The number of nitrogens with zero attached hydrogens (tertiary/aromatic N) is 2. The van der Waals surface area contributed by atoms with Crippen molar-refractivity contribution in [2.75, 3.05) is 11.5 Å². The molecule has 0 aromatic carbocycles. The predicted octanol–water partition coefficient (Wildman–Crippen LogP) is 4.47. The molecule has 2 heterocycles. The van der Waals surface area contributed by atoms with E-state index in [2.05, 4.69) is 25.8 Å². The zero-order chi connectivity index (χ0) is 13.3. The molecule has 2 unspecified atom stereocenters. The molecule has 1 aromatic heterocycles. The smallest absolute Gasteiger partial charge is 0.144 e. The fraction of sp³-hybridized carbons (Fsp3) is 0.692. The molecule has 5 heteroatoms. The predicted molar refractivity (Wildman–Crippen MR) is 83.0 cm³/mol. The van der Waals surface area contributed by atoms with Crippen molar-refractivity contribution in [1.29, 1.82) is 0 Å². The average molecular weight is 303 g/mol. The number of aryl methyl sites for hydroxylation is 1. The van der Waals surface area contributed by atoms with Crippen LogP contribution >= 0.6 is 35.1 Å². The van der Waals surface area contributed by atoms with Crippen molar-refractivity contribution >= 4 is 35.1 Å². The van der Waals surface area contributed by atoms with E-state index >= 15 is 0 Å². The molecule has 2 atom stereocenters. The summed E-state index contributed by atoms with van der Waals surface area (Å²) >= 11 is 10.3. The average Bonchev–Trinajstić information content (AvgIpc) is 2.27. The first-order chi connectivity index (χ1) is 8.50. The van der Waals surface area contributed by atoms with Gasteiger partial charge in [0.25, 0.3) is 0 Å². The van der Waals surface area contributed by atoms with Crippen molar-refractivity contribution in [2.45, 2.75) is 44.1 Å². The van der Waals surface area contributed by atoms with Crippen molar-refractivity contribution in [1.82, 2.24) is 9.97 Å². The van der Waals surface area contributed by atoms with Gasteiger partial charge in [0.2, 0.25) is 0 Å². The van der Waals surface area contributed by atoms with Crippen LogP contribution < -0.4 is 0 Å². The summed E-state index contributed by atoms with van der Waals surface area (Å²) in [5.74, 6) is 3.68. The molecule has 0 amide bonds. The summed E-state index contributed by atoms with van der Waals surface area (Å²) in [6.07, 6.45) is 0. The molecule has 2 rings (SSSR count). The van der Waals surface area contributed by atoms with Gasteiger partial charge in [-0.3, -0.25) is 0 Å². The highest BCUT2D eigenvalue weighted by Gasteiger charge is 2.28. The molecule has 1 aromatic rings. The van der Waals surface area contributed by atoms with Gasteiger partial charge in [-0.1, -0.05) is 32.4 Å². The summed E-state index contributed by atoms with van der Waals surface area (Å²) in [5, 5.41) is 1.57. The Morgan fingerprint density at radius 2 is 1.89 bits per heavy atom. The van der Waals surface area contributed by atoms with Gasteiger partial charge in [0.15, 0.2) is 0 Å². The summed E-state index contributed by atoms with van der Waals surface area (Å²) in [4.78, 5) is 9.25. The minimum Gasteiger partial charge on any atom is -0.237 e. The minimum absolute atomic E-state index is 0.373. The second-order valence-electron chi connectivity index (χ2n) is 4.89. The molecule has 0 saturated carbocycles. The van der Waals surface area contributed by atoms with Gasteiger partial charge >= 0.3 is 0 Å². The molecule has 0 N–H and O–H groups in total. The van der Waals surface area contributed by atoms with Crippen LogP contribution in [0.1, 0.15) is 49.0 Å². The van der Waals surface area contributed by atoms with Gasteiger partial charge in [0, 0.05) is 28.0 Å². The molecule has 1 fully saturated rings. The normalized spacial score (nSPS) is 24.6. The van der Waals surface area contributed by atoms with E-state index in [1.54, 1.807) is 0 Å². The van der Waals surface area contributed by atoms with E-state index < -0.39 is 0 Å². The van der Waals surface area contributed by atoms with Gasteiger partial charge in [0.05, 0.1) is 5.25 Å². The number of rotatable bonds is 2. The maximum Gasteiger partial charge on any atom is 0.144 e. The standard InChI is InChI=1S/C13H19ClN2S2/c1-7(2)10-8(3)15-13(16-12(10)14)11-9(4)17-5-6-18-11/h7,9,11H,5-6H2,1-4H3. The van der Waals surface area contributed by atoms with Gasteiger partial charge in [-0.2, -0.15) is 11.8 Å². The number of halogens is 1.